The molecule has 0 N–H and O–H groups in total. The molecule has 1 aliphatic heterocycles. The van der Waals surface area contributed by atoms with Gasteiger partial charge in [0.1, 0.15) is 5.78 Å². The molecule has 1 aliphatic carbocycles. The van der Waals surface area contributed by atoms with Crippen LogP contribution < -0.4 is 0 Å². The number of halogens is 2. The quantitative estimate of drug-likeness (QED) is 0.477. The van der Waals surface area contributed by atoms with Gasteiger partial charge in [-0.15, -0.1) is 11.8 Å². The molecule has 2 fully saturated rings. The zero-order valence-electron chi connectivity index (χ0n) is 8.07. The molecule has 0 radical (unpaired) electrons. The molecule has 1 spiro atoms. The zero-order valence-corrected chi connectivity index (χ0v) is 10.4. The van der Waals surface area contributed by atoms with E-state index in [1.807, 2.05) is 27.7 Å². The highest BCUT2D eigenvalue weighted by atomic mass is 35.5. The van der Waals surface area contributed by atoms with Crippen LogP contribution in [0.4, 0.5) is 0 Å². The second-order valence-corrected chi connectivity index (χ2v) is 8.08. The Morgan fingerprint density at radius 1 is 1.08 bits per heavy atom. The maximum Gasteiger partial charge on any atom is 0.180 e. The van der Waals surface area contributed by atoms with Crippen LogP contribution in [0.3, 0.4) is 0 Å². The molecule has 0 atom stereocenters. The normalized spacial score (nSPS) is 35.7. The van der Waals surface area contributed by atoms with Crippen LogP contribution in [0, 0.1) is 10.8 Å². The summed E-state index contributed by atoms with van der Waals surface area (Å²) in [6, 6.07) is 0. The summed E-state index contributed by atoms with van der Waals surface area (Å²) in [7, 11) is 0. The summed E-state index contributed by atoms with van der Waals surface area (Å²) in [5, 5.41) is 0. The first-order chi connectivity index (χ1) is 5.61. The molecular weight excluding hydrogens is 227 g/mol. The Bertz CT molecular complexity index is 289. The maximum absolute atomic E-state index is 11.8. The smallest absolute Gasteiger partial charge is 0.180 e. The summed E-state index contributed by atoms with van der Waals surface area (Å²) in [5.41, 5.74) is -0.769. The summed E-state index contributed by atoms with van der Waals surface area (Å²) < 4.78 is -1.04. The van der Waals surface area contributed by atoms with E-state index in [9.17, 15) is 4.79 Å². The Labute approximate surface area is 92.5 Å². The monoisotopic (exact) mass is 238 g/mol. The van der Waals surface area contributed by atoms with E-state index in [0.29, 0.717) is 0 Å². The molecule has 0 aromatic heterocycles. The molecule has 74 valence electrons. The van der Waals surface area contributed by atoms with E-state index in [1.54, 1.807) is 0 Å². The van der Waals surface area contributed by atoms with E-state index in [0.717, 1.165) is 0 Å². The van der Waals surface area contributed by atoms with Gasteiger partial charge in [0.25, 0.3) is 0 Å². The summed E-state index contributed by atoms with van der Waals surface area (Å²) in [4.78, 5) is 11.8. The van der Waals surface area contributed by atoms with E-state index in [-0.39, 0.29) is 21.4 Å². The number of ketones is 1. The van der Waals surface area contributed by atoms with Gasteiger partial charge in [0.15, 0.2) is 3.67 Å². The molecule has 1 saturated heterocycles. The fourth-order valence-electron chi connectivity index (χ4n) is 2.97. The lowest BCUT2D eigenvalue weighted by atomic mass is 9.47. The molecule has 13 heavy (non-hydrogen) atoms. The number of Topliss-reactive ketones (excluding diaryl/α,β-unsaturated/α-hetero) is 1. The number of carbonyl (C=O) groups excluding carboxylic acids is 1. The van der Waals surface area contributed by atoms with Crippen LogP contribution in [0.2, 0.25) is 0 Å². The standard InChI is InChI=1S/C9H12Cl2OS/c1-6(2)5(12)7(3,4)8(6)9(10,11)13-8/h1-4H3. The van der Waals surface area contributed by atoms with Gasteiger partial charge >= 0.3 is 0 Å². The number of hydrogen-bond donors (Lipinski definition) is 0. The van der Waals surface area contributed by atoms with Crippen molar-refractivity contribution in [2.75, 3.05) is 0 Å². The highest BCUT2D eigenvalue weighted by Gasteiger charge is 2.90. The summed E-state index contributed by atoms with van der Waals surface area (Å²) >= 11 is 13.7. The molecule has 0 unspecified atom stereocenters. The maximum atomic E-state index is 11.8. The van der Waals surface area contributed by atoms with E-state index < -0.39 is 3.67 Å². The van der Waals surface area contributed by atoms with Crippen molar-refractivity contribution >= 4 is 40.7 Å². The number of hydrogen-bond acceptors (Lipinski definition) is 2. The lowest BCUT2D eigenvalue weighted by Crippen LogP contribution is -2.68. The van der Waals surface area contributed by atoms with E-state index >= 15 is 0 Å². The first-order valence-electron chi connectivity index (χ1n) is 4.24. The van der Waals surface area contributed by atoms with Gasteiger partial charge in [0.05, 0.1) is 4.75 Å². The van der Waals surface area contributed by atoms with Crippen LogP contribution >= 0.6 is 35.0 Å². The first-order valence-corrected chi connectivity index (χ1v) is 5.81. The topological polar surface area (TPSA) is 17.1 Å². The third kappa shape index (κ3) is 0.745. The second-order valence-electron chi connectivity index (χ2n) is 4.88. The largest absolute Gasteiger partial charge is 0.298 e. The van der Waals surface area contributed by atoms with E-state index in [4.69, 9.17) is 23.2 Å². The van der Waals surface area contributed by atoms with Crippen molar-refractivity contribution in [2.24, 2.45) is 10.8 Å². The van der Waals surface area contributed by atoms with Crippen LogP contribution in [0.25, 0.3) is 0 Å². The number of rotatable bonds is 0. The average Bonchev–Trinajstić information content (AvgIpc) is 2.55. The Morgan fingerprint density at radius 2 is 1.38 bits per heavy atom. The molecular formula is C9H12Cl2OS. The average molecular weight is 239 g/mol. The van der Waals surface area contributed by atoms with Crippen molar-refractivity contribution in [3.8, 4) is 0 Å². The van der Waals surface area contributed by atoms with Crippen molar-refractivity contribution < 1.29 is 4.79 Å². The van der Waals surface area contributed by atoms with Crippen molar-refractivity contribution in [1.82, 2.24) is 0 Å². The predicted molar refractivity (Wildman–Crippen MR) is 57.3 cm³/mol. The summed E-state index contributed by atoms with van der Waals surface area (Å²) in [6.45, 7) is 7.72. The minimum Gasteiger partial charge on any atom is -0.298 e. The van der Waals surface area contributed by atoms with Crippen LogP contribution in [-0.2, 0) is 4.79 Å². The third-order valence-electron chi connectivity index (χ3n) is 3.55. The molecule has 1 saturated carbocycles. The van der Waals surface area contributed by atoms with Gasteiger partial charge in [-0.3, -0.25) is 4.79 Å². The lowest BCUT2D eigenvalue weighted by Gasteiger charge is -2.56. The van der Waals surface area contributed by atoms with Crippen LogP contribution in [0.1, 0.15) is 27.7 Å². The van der Waals surface area contributed by atoms with Gasteiger partial charge in [0, 0.05) is 10.8 Å². The molecule has 0 amide bonds. The number of alkyl halides is 2. The fraction of sp³-hybridized carbons (Fsp3) is 0.889. The molecule has 2 aliphatic rings. The number of thioether (sulfide) groups is 1. The third-order valence-corrected chi connectivity index (χ3v) is 6.79. The van der Waals surface area contributed by atoms with E-state index in [1.165, 1.54) is 11.8 Å². The summed E-state index contributed by atoms with van der Waals surface area (Å²) in [5.74, 6) is 0.260. The van der Waals surface area contributed by atoms with E-state index in [2.05, 4.69) is 0 Å². The van der Waals surface area contributed by atoms with Gasteiger partial charge in [-0.05, 0) is 0 Å². The predicted octanol–water partition coefficient (Wildman–Crippen LogP) is 3.24. The molecule has 2 rings (SSSR count). The SMILES string of the molecule is CC1(C)C(=O)C(C)(C)C12SC2(Cl)Cl. The highest BCUT2D eigenvalue weighted by molar-refractivity contribution is 8.13. The molecule has 1 heterocycles. The molecule has 4 heteroatoms. The van der Waals surface area contributed by atoms with Gasteiger partial charge < -0.3 is 0 Å². The van der Waals surface area contributed by atoms with Crippen molar-refractivity contribution in [3.63, 3.8) is 0 Å². The minimum atomic E-state index is -0.770. The second kappa shape index (κ2) is 2.07. The Kier molecular flexibility index (Phi) is 1.62. The van der Waals surface area contributed by atoms with Gasteiger partial charge in [-0.1, -0.05) is 50.9 Å². The van der Waals surface area contributed by atoms with Gasteiger partial charge in [-0.25, -0.2) is 0 Å². The van der Waals surface area contributed by atoms with Gasteiger partial charge in [0.2, 0.25) is 0 Å². The molecule has 0 aromatic carbocycles. The summed E-state index contributed by atoms with van der Waals surface area (Å²) in [6.07, 6.45) is 0. The highest BCUT2D eigenvalue weighted by Crippen LogP contribution is 2.87. The first kappa shape index (κ1) is 10.1. The Morgan fingerprint density at radius 3 is 1.54 bits per heavy atom. The fourth-order valence-corrected chi connectivity index (χ4v) is 6.15. The van der Waals surface area contributed by atoms with Crippen LogP contribution in [0.5, 0.6) is 0 Å². The number of carbonyl (C=O) groups is 1. The molecule has 0 bridgehead atoms. The van der Waals surface area contributed by atoms with Crippen molar-refractivity contribution in [3.05, 3.63) is 0 Å². The van der Waals surface area contributed by atoms with Gasteiger partial charge in [-0.2, -0.15) is 0 Å². The minimum absolute atomic E-state index is 0.260. The Hall–Kier alpha value is 0.600. The molecule has 0 aromatic rings. The van der Waals surface area contributed by atoms with Crippen molar-refractivity contribution in [1.29, 1.82) is 0 Å². The molecule has 1 nitrogen and oxygen atoms in total. The Balaban J connectivity index is 2.47. The van der Waals surface area contributed by atoms with Crippen LogP contribution in [0.15, 0.2) is 0 Å². The lowest BCUT2D eigenvalue weighted by molar-refractivity contribution is -0.156. The zero-order chi connectivity index (χ0) is 10.3. The van der Waals surface area contributed by atoms with Crippen molar-refractivity contribution in [2.45, 2.75) is 36.1 Å². The van der Waals surface area contributed by atoms with Crippen LogP contribution in [-0.4, -0.2) is 14.2 Å².